The first kappa shape index (κ1) is 19.6. The van der Waals surface area contributed by atoms with Crippen molar-refractivity contribution in [2.45, 2.75) is 38.8 Å². The number of fused-ring (bicyclic) bond motifs is 4. The molecule has 1 aromatic carbocycles. The van der Waals surface area contributed by atoms with Crippen LogP contribution in [0.25, 0.3) is 11.3 Å². The fourth-order valence-corrected chi connectivity index (χ4v) is 4.79. The minimum absolute atomic E-state index is 0.0417. The van der Waals surface area contributed by atoms with Crippen molar-refractivity contribution in [3.63, 3.8) is 0 Å². The fraction of sp³-hybridized carbons (Fsp3) is 0.375. The standard InChI is InChI=1S/C24H26N4O3/c1-15(2)31-19-8-6-17(7-9-19)20-11-21(26-25-20)24(30)27-12-16-10-18(14-27)22-4-3-5-23(29)28(22)13-16/h3-9,11,15-16,18H,10,12-14H2,1-2H3,(H,25,26)/t16-,18+/m0/s1. The first-order valence-electron chi connectivity index (χ1n) is 10.8. The molecule has 2 bridgehead atoms. The third kappa shape index (κ3) is 3.76. The molecule has 1 fully saturated rings. The molecule has 7 nitrogen and oxygen atoms in total. The van der Waals surface area contributed by atoms with Gasteiger partial charge in [0.2, 0.25) is 0 Å². The molecule has 2 aliphatic rings. The summed E-state index contributed by atoms with van der Waals surface area (Å²) in [5, 5.41) is 7.27. The van der Waals surface area contributed by atoms with E-state index in [1.807, 2.05) is 65.8 Å². The van der Waals surface area contributed by atoms with Gasteiger partial charge in [0, 0.05) is 42.9 Å². The number of hydrogen-bond donors (Lipinski definition) is 1. The molecule has 0 aliphatic carbocycles. The predicted octanol–water partition coefficient (Wildman–Crippen LogP) is 3.29. The van der Waals surface area contributed by atoms with E-state index < -0.39 is 0 Å². The Labute approximate surface area is 180 Å². The Morgan fingerprint density at radius 1 is 1.13 bits per heavy atom. The summed E-state index contributed by atoms with van der Waals surface area (Å²) in [6.07, 6.45) is 1.14. The Morgan fingerprint density at radius 3 is 2.71 bits per heavy atom. The van der Waals surface area contributed by atoms with Crippen molar-refractivity contribution in [3.05, 3.63) is 70.3 Å². The van der Waals surface area contributed by atoms with Crippen LogP contribution in [0.4, 0.5) is 0 Å². The van der Waals surface area contributed by atoms with Crippen LogP contribution in [0.15, 0.2) is 53.3 Å². The Bertz CT molecular complexity index is 1160. The molecule has 0 radical (unpaired) electrons. The third-order valence-corrected chi connectivity index (χ3v) is 6.10. The molecule has 2 aliphatic heterocycles. The van der Waals surface area contributed by atoms with E-state index in [4.69, 9.17) is 4.74 Å². The Hall–Kier alpha value is -3.35. The van der Waals surface area contributed by atoms with Gasteiger partial charge in [-0.15, -0.1) is 0 Å². The van der Waals surface area contributed by atoms with E-state index in [1.165, 1.54) is 0 Å². The maximum atomic E-state index is 13.2. The number of hydrogen-bond acceptors (Lipinski definition) is 4. The Balaban J connectivity index is 1.33. The van der Waals surface area contributed by atoms with Crippen LogP contribution in [0.5, 0.6) is 5.75 Å². The first-order valence-corrected chi connectivity index (χ1v) is 10.8. The van der Waals surface area contributed by atoms with E-state index in [0.29, 0.717) is 31.2 Å². The maximum absolute atomic E-state index is 13.2. The monoisotopic (exact) mass is 418 g/mol. The van der Waals surface area contributed by atoms with Crippen LogP contribution in [0.2, 0.25) is 0 Å². The second kappa shape index (κ2) is 7.72. The number of carbonyl (C=O) groups excluding carboxylic acids is 1. The van der Waals surface area contributed by atoms with E-state index >= 15 is 0 Å². The van der Waals surface area contributed by atoms with Crippen molar-refractivity contribution >= 4 is 5.91 Å². The van der Waals surface area contributed by atoms with Gasteiger partial charge in [0.15, 0.2) is 0 Å². The highest BCUT2D eigenvalue weighted by atomic mass is 16.5. The van der Waals surface area contributed by atoms with Crippen LogP contribution in [0.3, 0.4) is 0 Å². The largest absolute Gasteiger partial charge is 0.491 e. The lowest BCUT2D eigenvalue weighted by Crippen LogP contribution is -2.49. The van der Waals surface area contributed by atoms with Gasteiger partial charge in [0.05, 0.1) is 11.8 Å². The van der Waals surface area contributed by atoms with Crippen LogP contribution in [0.1, 0.15) is 42.4 Å². The van der Waals surface area contributed by atoms with Gasteiger partial charge in [-0.3, -0.25) is 14.7 Å². The smallest absolute Gasteiger partial charge is 0.271 e. The molecule has 1 amide bonds. The Morgan fingerprint density at radius 2 is 1.94 bits per heavy atom. The molecule has 5 rings (SSSR count). The summed E-state index contributed by atoms with van der Waals surface area (Å²) in [5.74, 6) is 1.26. The lowest BCUT2D eigenvalue weighted by Gasteiger charge is -2.42. The molecule has 2 aromatic heterocycles. The van der Waals surface area contributed by atoms with Gasteiger partial charge in [-0.2, -0.15) is 5.10 Å². The van der Waals surface area contributed by atoms with Crippen molar-refractivity contribution in [2.75, 3.05) is 13.1 Å². The van der Waals surface area contributed by atoms with Gasteiger partial charge < -0.3 is 14.2 Å². The van der Waals surface area contributed by atoms with E-state index in [0.717, 1.165) is 29.1 Å². The van der Waals surface area contributed by atoms with E-state index in [-0.39, 0.29) is 23.5 Å². The summed E-state index contributed by atoms with van der Waals surface area (Å²) in [6, 6.07) is 15.0. The quantitative estimate of drug-likeness (QED) is 0.705. The van der Waals surface area contributed by atoms with Crippen molar-refractivity contribution < 1.29 is 9.53 Å². The molecule has 160 valence electrons. The number of nitrogens with zero attached hydrogens (tertiary/aromatic N) is 3. The molecule has 7 heteroatoms. The van der Waals surface area contributed by atoms with Gasteiger partial charge in [0.1, 0.15) is 11.4 Å². The molecule has 1 N–H and O–H groups in total. The summed E-state index contributed by atoms with van der Waals surface area (Å²) in [6.45, 7) is 5.94. The Kier molecular flexibility index (Phi) is 4.88. The number of ether oxygens (including phenoxy) is 1. The number of aromatic nitrogens is 3. The summed E-state index contributed by atoms with van der Waals surface area (Å²) >= 11 is 0. The number of aromatic amines is 1. The number of benzene rings is 1. The number of carbonyl (C=O) groups is 1. The molecular weight excluding hydrogens is 392 g/mol. The highest BCUT2D eigenvalue weighted by molar-refractivity contribution is 5.93. The maximum Gasteiger partial charge on any atom is 0.271 e. The second-order valence-electron chi connectivity index (χ2n) is 8.77. The highest BCUT2D eigenvalue weighted by Crippen LogP contribution is 2.35. The van der Waals surface area contributed by atoms with Gasteiger partial charge in [0.25, 0.3) is 11.5 Å². The molecule has 4 heterocycles. The summed E-state index contributed by atoms with van der Waals surface area (Å²) < 4.78 is 7.56. The molecule has 1 saturated heterocycles. The first-order chi connectivity index (χ1) is 15.0. The van der Waals surface area contributed by atoms with Crippen molar-refractivity contribution in [3.8, 4) is 17.0 Å². The minimum Gasteiger partial charge on any atom is -0.491 e. The number of rotatable bonds is 4. The molecule has 3 aromatic rings. The van der Waals surface area contributed by atoms with Crippen LogP contribution in [0, 0.1) is 5.92 Å². The van der Waals surface area contributed by atoms with Crippen molar-refractivity contribution in [1.29, 1.82) is 0 Å². The SMILES string of the molecule is CC(C)Oc1ccc(-c2cc(C(=O)N3C[C@@H]4C[C@H](C3)c3cccc(=O)n3C4)[nH]n2)cc1. The lowest BCUT2D eigenvalue weighted by atomic mass is 9.83. The molecule has 2 atom stereocenters. The van der Waals surface area contributed by atoms with Crippen LogP contribution in [-0.4, -0.2) is 44.8 Å². The summed E-state index contributed by atoms with van der Waals surface area (Å²) in [7, 11) is 0. The zero-order valence-corrected chi connectivity index (χ0v) is 17.7. The fourth-order valence-electron chi connectivity index (χ4n) is 4.79. The van der Waals surface area contributed by atoms with Gasteiger partial charge >= 0.3 is 0 Å². The molecular formula is C24H26N4O3. The van der Waals surface area contributed by atoms with E-state index in [9.17, 15) is 9.59 Å². The molecule has 31 heavy (non-hydrogen) atoms. The number of piperidine rings is 1. The normalized spacial score (nSPS) is 19.9. The number of likely N-dealkylation sites (tertiary alicyclic amines) is 1. The zero-order chi connectivity index (χ0) is 21.5. The average molecular weight is 418 g/mol. The topological polar surface area (TPSA) is 80.2 Å². The van der Waals surface area contributed by atoms with Crippen LogP contribution in [-0.2, 0) is 6.54 Å². The summed E-state index contributed by atoms with van der Waals surface area (Å²) in [5.41, 5.74) is 3.23. The van der Waals surface area contributed by atoms with E-state index in [2.05, 4.69) is 10.2 Å². The predicted molar refractivity (Wildman–Crippen MR) is 117 cm³/mol. The minimum atomic E-state index is -0.0417. The van der Waals surface area contributed by atoms with Crippen molar-refractivity contribution in [1.82, 2.24) is 19.7 Å². The lowest BCUT2D eigenvalue weighted by molar-refractivity contribution is 0.0588. The number of amides is 1. The van der Waals surface area contributed by atoms with Gasteiger partial charge in [-0.1, -0.05) is 6.07 Å². The number of pyridine rings is 1. The second-order valence-corrected chi connectivity index (χ2v) is 8.77. The van der Waals surface area contributed by atoms with Gasteiger partial charge in [-0.25, -0.2) is 0 Å². The average Bonchev–Trinajstić information content (AvgIpc) is 3.24. The van der Waals surface area contributed by atoms with Crippen LogP contribution >= 0.6 is 0 Å². The third-order valence-electron chi connectivity index (χ3n) is 6.10. The van der Waals surface area contributed by atoms with Crippen molar-refractivity contribution in [2.24, 2.45) is 5.92 Å². The number of H-pyrrole nitrogens is 1. The molecule has 0 saturated carbocycles. The summed E-state index contributed by atoms with van der Waals surface area (Å²) in [4.78, 5) is 27.3. The van der Waals surface area contributed by atoms with E-state index in [1.54, 1.807) is 6.07 Å². The van der Waals surface area contributed by atoms with Crippen LogP contribution < -0.4 is 10.3 Å². The van der Waals surface area contributed by atoms with Gasteiger partial charge in [-0.05, 0) is 62.6 Å². The zero-order valence-electron chi connectivity index (χ0n) is 17.7. The number of nitrogens with one attached hydrogen (secondary N) is 1. The molecule has 0 spiro atoms. The molecule has 0 unspecified atom stereocenters. The highest BCUT2D eigenvalue weighted by Gasteiger charge is 2.36.